The van der Waals surface area contributed by atoms with E-state index >= 15 is 0 Å². The molecule has 1 aromatic carbocycles. The van der Waals surface area contributed by atoms with Crippen LogP contribution in [-0.2, 0) is 17.1 Å². The number of aryl methyl sites for hydroxylation is 2. The highest BCUT2D eigenvalue weighted by Gasteiger charge is 2.18. The van der Waals surface area contributed by atoms with Crippen LogP contribution >= 0.6 is 0 Å². The van der Waals surface area contributed by atoms with Crippen molar-refractivity contribution >= 4 is 15.7 Å². The van der Waals surface area contributed by atoms with Crippen molar-refractivity contribution in [2.45, 2.75) is 11.9 Å². The van der Waals surface area contributed by atoms with E-state index in [1.165, 1.54) is 16.9 Å². The first-order valence-electron chi connectivity index (χ1n) is 6.15. The molecule has 0 spiro atoms. The Hall–Kier alpha value is -2.30. The number of nitrogens with zero attached hydrogens (tertiary/aromatic N) is 2. The second kappa shape index (κ2) is 5.99. The van der Waals surface area contributed by atoms with Crippen molar-refractivity contribution in [3.8, 4) is 11.8 Å². The Morgan fingerprint density at radius 2 is 2.14 bits per heavy atom. The molecule has 2 N–H and O–H groups in total. The van der Waals surface area contributed by atoms with Crippen LogP contribution in [0.1, 0.15) is 11.1 Å². The number of aromatic nitrogens is 2. The van der Waals surface area contributed by atoms with Gasteiger partial charge in [0.1, 0.15) is 6.61 Å². The fourth-order valence-electron chi connectivity index (χ4n) is 1.83. The fraction of sp³-hybridized carbons (Fsp3) is 0.214. The monoisotopic (exact) mass is 305 g/mol. The van der Waals surface area contributed by atoms with E-state index in [-0.39, 0.29) is 11.6 Å². The highest BCUT2D eigenvalue weighted by atomic mass is 32.2. The zero-order valence-corrected chi connectivity index (χ0v) is 12.5. The number of hydrogen-bond donors (Lipinski definition) is 2. The normalized spacial score (nSPS) is 10.8. The Labute approximate surface area is 123 Å². The maximum absolute atomic E-state index is 12.2. The lowest BCUT2D eigenvalue weighted by atomic mass is 10.1. The van der Waals surface area contributed by atoms with Crippen molar-refractivity contribution < 1.29 is 13.5 Å². The molecule has 0 aliphatic rings. The second-order valence-corrected chi connectivity index (χ2v) is 6.02. The molecule has 0 amide bonds. The van der Waals surface area contributed by atoms with Crippen molar-refractivity contribution in [2.24, 2.45) is 7.05 Å². The van der Waals surface area contributed by atoms with Crippen LogP contribution in [0.4, 0.5) is 5.69 Å². The number of aliphatic hydroxyl groups is 1. The molecule has 7 heteroatoms. The van der Waals surface area contributed by atoms with Gasteiger partial charge in [-0.05, 0) is 36.8 Å². The van der Waals surface area contributed by atoms with Crippen LogP contribution in [0.3, 0.4) is 0 Å². The molecule has 0 radical (unpaired) electrons. The molecule has 0 fully saturated rings. The summed E-state index contributed by atoms with van der Waals surface area (Å²) in [5.74, 6) is 5.36. The van der Waals surface area contributed by atoms with Gasteiger partial charge < -0.3 is 5.11 Å². The number of benzene rings is 1. The summed E-state index contributed by atoms with van der Waals surface area (Å²) in [7, 11) is -2.11. The molecule has 6 nitrogen and oxygen atoms in total. The summed E-state index contributed by atoms with van der Waals surface area (Å²) in [4.78, 5) is 0. The average Bonchev–Trinajstić information content (AvgIpc) is 2.84. The first-order chi connectivity index (χ1) is 9.94. The molecular formula is C14H15N3O3S. The van der Waals surface area contributed by atoms with E-state index in [2.05, 4.69) is 21.7 Å². The van der Waals surface area contributed by atoms with Crippen molar-refractivity contribution in [1.82, 2.24) is 9.78 Å². The van der Waals surface area contributed by atoms with Gasteiger partial charge in [0.2, 0.25) is 0 Å². The molecule has 0 aliphatic carbocycles. The molecular weight excluding hydrogens is 290 g/mol. The van der Waals surface area contributed by atoms with Crippen molar-refractivity contribution in [3.05, 3.63) is 41.6 Å². The minimum Gasteiger partial charge on any atom is -0.384 e. The molecule has 0 bridgehead atoms. The molecule has 0 aliphatic heterocycles. The summed E-state index contributed by atoms with van der Waals surface area (Å²) in [5.41, 5.74) is 2.01. The van der Waals surface area contributed by atoms with E-state index in [1.54, 1.807) is 25.2 Å². The molecule has 0 atom stereocenters. The number of rotatable bonds is 3. The number of aliphatic hydroxyl groups excluding tert-OH is 1. The standard InChI is InChI=1S/C14H15N3O3S/c1-11-10-13(6-5-12(11)4-3-9-18)16-21(19,20)14-7-8-15-17(14)2/h5-8,10,16,18H,9H2,1-2H3. The van der Waals surface area contributed by atoms with Crippen LogP contribution < -0.4 is 4.72 Å². The second-order valence-electron chi connectivity index (χ2n) is 4.39. The van der Waals surface area contributed by atoms with Crippen LogP contribution in [0.2, 0.25) is 0 Å². The van der Waals surface area contributed by atoms with Crippen LogP contribution in [-0.4, -0.2) is 29.9 Å². The summed E-state index contributed by atoms with van der Waals surface area (Å²) < 4.78 is 28.2. The molecule has 110 valence electrons. The third-order valence-corrected chi connectivity index (χ3v) is 4.29. The average molecular weight is 305 g/mol. The SMILES string of the molecule is Cc1cc(NS(=O)(=O)c2ccnn2C)ccc1C#CCO. The molecule has 1 aromatic heterocycles. The van der Waals surface area contributed by atoms with E-state index in [4.69, 9.17) is 5.11 Å². The Kier molecular flexibility index (Phi) is 4.31. The summed E-state index contributed by atoms with van der Waals surface area (Å²) in [6.45, 7) is 1.61. The van der Waals surface area contributed by atoms with E-state index in [1.807, 2.05) is 6.92 Å². The van der Waals surface area contributed by atoms with Crippen LogP contribution in [0.25, 0.3) is 0 Å². The lowest BCUT2D eigenvalue weighted by Crippen LogP contribution is -2.16. The predicted octanol–water partition coefficient (Wildman–Crippen LogP) is 0.873. The summed E-state index contributed by atoms with van der Waals surface area (Å²) in [6, 6.07) is 6.45. The highest BCUT2D eigenvalue weighted by Crippen LogP contribution is 2.18. The topological polar surface area (TPSA) is 84.2 Å². The van der Waals surface area contributed by atoms with Gasteiger partial charge >= 0.3 is 0 Å². The molecule has 2 aromatic rings. The van der Waals surface area contributed by atoms with Crippen molar-refractivity contribution in [1.29, 1.82) is 0 Å². The van der Waals surface area contributed by atoms with Gasteiger partial charge in [0.25, 0.3) is 10.0 Å². The Balaban J connectivity index is 2.29. The Morgan fingerprint density at radius 1 is 1.38 bits per heavy atom. The van der Waals surface area contributed by atoms with Gasteiger partial charge in [0.05, 0.1) is 6.20 Å². The zero-order valence-electron chi connectivity index (χ0n) is 11.7. The third kappa shape index (κ3) is 3.42. The van der Waals surface area contributed by atoms with Gasteiger partial charge in [0.15, 0.2) is 5.03 Å². The molecule has 2 rings (SSSR count). The number of anilines is 1. The third-order valence-electron chi connectivity index (χ3n) is 2.83. The molecule has 0 saturated carbocycles. The van der Waals surface area contributed by atoms with Gasteiger partial charge in [-0.3, -0.25) is 9.40 Å². The zero-order chi connectivity index (χ0) is 15.5. The van der Waals surface area contributed by atoms with Gasteiger partial charge in [-0.2, -0.15) is 13.5 Å². The van der Waals surface area contributed by atoms with Crippen LogP contribution in [0, 0.1) is 18.8 Å². The minimum atomic E-state index is -3.67. The number of sulfonamides is 1. The lowest BCUT2D eigenvalue weighted by molar-refractivity contribution is 0.350. The predicted molar refractivity (Wildman–Crippen MR) is 79.2 cm³/mol. The fourth-order valence-corrected chi connectivity index (χ4v) is 3.01. The van der Waals surface area contributed by atoms with Gasteiger partial charge in [-0.1, -0.05) is 11.8 Å². The van der Waals surface area contributed by atoms with E-state index < -0.39 is 10.0 Å². The van der Waals surface area contributed by atoms with Gasteiger partial charge in [-0.15, -0.1) is 0 Å². The quantitative estimate of drug-likeness (QED) is 0.824. The summed E-state index contributed by atoms with van der Waals surface area (Å²) in [6.07, 6.45) is 1.42. The Morgan fingerprint density at radius 3 is 2.71 bits per heavy atom. The van der Waals surface area contributed by atoms with Crippen LogP contribution in [0.5, 0.6) is 0 Å². The maximum Gasteiger partial charge on any atom is 0.279 e. The largest absolute Gasteiger partial charge is 0.384 e. The maximum atomic E-state index is 12.2. The first kappa shape index (κ1) is 15.1. The lowest BCUT2D eigenvalue weighted by Gasteiger charge is -2.09. The van der Waals surface area contributed by atoms with Crippen molar-refractivity contribution in [3.63, 3.8) is 0 Å². The summed E-state index contributed by atoms with van der Waals surface area (Å²) in [5, 5.41) is 12.6. The molecule has 0 unspecified atom stereocenters. The molecule has 21 heavy (non-hydrogen) atoms. The smallest absolute Gasteiger partial charge is 0.279 e. The summed E-state index contributed by atoms with van der Waals surface area (Å²) >= 11 is 0. The van der Waals surface area contributed by atoms with Crippen molar-refractivity contribution in [2.75, 3.05) is 11.3 Å². The van der Waals surface area contributed by atoms with Crippen LogP contribution in [0.15, 0.2) is 35.5 Å². The van der Waals surface area contributed by atoms with E-state index in [0.29, 0.717) is 5.69 Å². The van der Waals surface area contributed by atoms with E-state index in [0.717, 1.165) is 11.1 Å². The first-order valence-corrected chi connectivity index (χ1v) is 7.63. The molecule has 0 saturated heterocycles. The van der Waals surface area contributed by atoms with Gasteiger partial charge in [0, 0.05) is 18.3 Å². The number of nitrogens with one attached hydrogen (secondary N) is 1. The molecule has 1 heterocycles. The van der Waals surface area contributed by atoms with Gasteiger partial charge in [-0.25, -0.2) is 0 Å². The minimum absolute atomic E-state index is 0.0873. The van der Waals surface area contributed by atoms with E-state index in [9.17, 15) is 8.42 Å². The highest BCUT2D eigenvalue weighted by molar-refractivity contribution is 7.92. The number of hydrogen-bond acceptors (Lipinski definition) is 4. The Bertz CT molecular complexity index is 813.